The Kier molecular flexibility index (Phi) is 22.8. The van der Waals surface area contributed by atoms with E-state index in [0.29, 0.717) is 4.47 Å². The van der Waals surface area contributed by atoms with Crippen molar-refractivity contribution in [1.82, 2.24) is 0 Å². The second kappa shape index (κ2) is 26.6. The van der Waals surface area contributed by atoms with Gasteiger partial charge in [0.25, 0.3) is 11.8 Å². The van der Waals surface area contributed by atoms with Crippen molar-refractivity contribution in [3.63, 3.8) is 0 Å². The van der Waals surface area contributed by atoms with Gasteiger partial charge >= 0.3 is 18.3 Å². The van der Waals surface area contributed by atoms with Crippen LogP contribution in [0.5, 0.6) is 11.5 Å². The summed E-state index contributed by atoms with van der Waals surface area (Å²) in [6.45, 7) is 13.0. The fourth-order valence-corrected chi connectivity index (χ4v) is 11.0. The normalized spacial score (nSPS) is 24.3. The quantitative estimate of drug-likeness (QED) is 0.0478. The third-order valence-electron chi connectivity index (χ3n) is 11.7. The Morgan fingerprint density at radius 1 is 0.667 bits per heavy atom. The molecule has 9 atom stereocenters. The predicted octanol–water partition coefficient (Wildman–Crippen LogP) is 12.3. The van der Waals surface area contributed by atoms with Crippen molar-refractivity contribution in [1.29, 1.82) is 0 Å². The second-order valence-corrected chi connectivity index (χ2v) is 30.7. The molecule has 0 aromatic heterocycles. The fourth-order valence-electron chi connectivity index (χ4n) is 8.02. The van der Waals surface area contributed by atoms with E-state index in [4.69, 9.17) is 46.3 Å². The number of esters is 1. The van der Waals surface area contributed by atoms with Crippen molar-refractivity contribution in [2.24, 2.45) is 5.92 Å². The fraction of sp³-hybridized carbons (Fsp3) is 0.510. The van der Waals surface area contributed by atoms with Gasteiger partial charge < -0.3 is 53.0 Å². The summed E-state index contributed by atoms with van der Waals surface area (Å²) < 4.78 is 171. The summed E-state index contributed by atoms with van der Waals surface area (Å²) in [7, 11) is -2.52. The molecule has 27 heteroatoms. The molecule has 4 aromatic rings. The van der Waals surface area contributed by atoms with Crippen molar-refractivity contribution >= 4 is 61.7 Å². The van der Waals surface area contributed by atoms with Crippen LogP contribution in [0.4, 0.5) is 43.9 Å². The molecule has 12 nitrogen and oxygen atoms in total. The average Bonchev–Trinajstić information content (AvgIpc) is 3.34. The van der Waals surface area contributed by atoms with Crippen molar-refractivity contribution in [3.8, 4) is 11.5 Å². The molecule has 0 bridgehead atoms. The highest BCUT2D eigenvalue weighted by Gasteiger charge is 2.56. The maximum Gasteiger partial charge on any atom is 0.422 e. The standard InChI is InChI=1S/C22H22ClF5O7.C15H9BrClF5O.C14H30O4Si2/c1-33-22(19(32)18(31)17(30)16(9-29)35-22)12-4-7-15(23)14(8-12)21(27,28)11-2-5-13(6-3-11)34-10-20(24,25)26;16-10-3-6-13(17)12(7-10)15(21,22)9-1-4-11(5-2-9)23-8-14(18,19)20;1-9-11-10(2)12(17-19(3,4)5)13(14(15)16-11)18-20(6,7)8/h2-8,16-19,29-32H,9-10H2,1H3;1-7H,8H2;10-13H,9H2,1-8H3/t16-,17-,18+,19-,22?;;10-,11-,12+,13-/m1.1/s1. The molecule has 0 spiro atoms. The number of halogens is 13. The van der Waals surface area contributed by atoms with Crippen LogP contribution in [0.3, 0.4) is 0 Å². The van der Waals surface area contributed by atoms with Gasteiger partial charge in [0.05, 0.1) is 22.8 Å². The van der Waals surface area contributed by atoms with Crippen LogP contribution in [0.15, 0.2) is 89.4 Å². The van der Waals surface area contributed by atoms with Gasteiger partial charge in [-0.3, -0.25) is 0 Å². The molecule has 2 saturated heterocycles. The average molecular weight is 1260 g/mol. The maximum absolute atomic E-state index is 15.4. The minimum absolute atomic E-state index is 0.0645. The van der Waals surface area contributed by atoms with E-state index in [-0.39, 0.29) is 46.2 Å². The van der Waals surface area contributed by atoms with Crippen LogP contribution in [-0.4, -0.2) is 125 Å². The van der Waals surface area contributed by atoms with Crippen LogP contribution in [-0.2, 0) is 45.5 Å². The molecule has 0 aliphatic carbocycles. The smallest absolute Gasteiger partial charge is 0.422 e. The SMILES string of the molecule is CC[C@H]1OC(=O)[C@H](O[Si](C)(C)C)[C@@H](O[Si](C)(C)C)[C@@H]1C.COC1(c2ccc(Cl)c(C(F)(F)c3ccc(OCC(F)(F)F)cc3)c2)O[C@H](CO)[C@@H](O)[C@H](O)[C@H]1O.FC(F)(F)COc1ccc(C(F)(F)c2cc(Br)ccc2Cl)cc1. The predicted molar refractivity (Wildman–Crippen MR) is 277 cm³/mol. The Morgan fingerprint density at radius 2 is 1.12 bits per heavy atom. The van der Waals surface area contributed by atoms with E-state index < -0.39 is 124 Å². The molecule has 1 unspecified atom stereocenters. The molecule has 0 amide bonds. The minimum Gasteiger partial charge on any atom is -0.484 e. The number of methoxy groups -OCH3 is 1. The number of aliphatic hydroxyl groups excluding tert-OH is 4. The number of benzene rings is 4. The van der Waals surface area contributed by atoms with Gasteiger partial charge in [-0.15, -0.1) is 0 Å². The highest BCUT2D eigenvalue weighted by atomic mass is 79.9. The second-order valence-electron chi connectivity index (χ2n) is 20.0. The van der Waals surface area contributed by atoms with Gasteiger partial charge in [-0.05, 0) is 125 Å². The molecule has 78 heavy (non-hydrogen) atoms. The van der Waals surface area contributed by atoms with Gasteiger partial charge in [-0.2, -0.15) is 43.9 Å². The number of carbonyl (C=O) groups is 1. The zero-order chi connectivity index (χ0) is 59.1. The highest BCUT2D eigenvalue weighted by molar-refractivity contribution is 9.10. The molecule has 0 saturated carbocycles. The molecule has 436 valence electrons. The lowest BCUT2D eigenvalue weighted by atomic mass is 9.86. The molecular weight excluding hydrogens is 1200 g/mol. The summed E-state index contributed by atoms with van der Waals surface area (Å²) in [6.07, 6.45) is -16.0. The Morgan fingerprint density at radius 3 is 1.53 bits per heavy atom. The van der Waals surface area contributed by atoms with Crippen LogP contribution in [0.25, 0.3) is 0 Å². The van der Waals surface area contributed by atoms with Gasteiger partial charge in [0, 0.05) is 45.3 Å². The summed E-state index contributed by atoms with van der Waals surface area (Å²) in [6, 6.07) is 14.9. The van der Waals surface area contributed by atoms with Gasteiger partial charge in [0.1, 0.15) is 42.0 Å². The molecule has 6 rings (SSSR count). The lowest BCUT2D eigenvalue weighted by Gasteiger charge is -2.47. The van der Waals surface area contributed by atoms with Crippen LogP contribution >= 0.6 is 39.1 Å². The summed E-state index contributed by atoms with van der Waals surface area (Å²) in [5, 5.41) is 39.8. The van der Waals surface area contributed by atoms with E-state index in [2.05, 4.69) is 71.6 Å². The Balaban J connectivity index is 0.000000266. The van der Waals surface area contributed by atoms with Crippen molar-refractivity contribution < 1.29 is 102 Å². The highest BCUT2D eigenvalue weighted by Crippen LogP contribution is 2.46. The number of aliphatic hydroxyl groups is 4. The van der Waals surface area contributed by atoms with Crippen LogP contribution in [0.2, 0.25) is 49.3 Å². The van der Waals surface area contributed by atoms with Gasteiger partial charge in [0.15, 0.2) is 36.0 Å². The first kappa shape index (κ1) is 66.9. The first-order chi connectivity index (χ1) is 35.8. The summed E-state index contributed by atoms with van der Waals surface area (Å²) in [5.41, 5.74) is -2.42. The molecule has 4 N–H and O–H groups in total. The summed E-state index contributed by atoms with van der Waals surface area (Å²) in [4.78, 5) is 12.3. The Hall–Kier alpha value is -3.58. The lowest BCUT2D eigenvalue weighted by molar-refractivity contribution is -0.366. The van der Waals surface area contributed by atoms with E-state index in [1.807, 2.05) is 6.92 Å². The molecule has 2 fully saturated rings. The lowest BCUT2D eigenvalue weighted by Crippen LogP contribution is -2.64. The Bertz CT molecular complexity index is 2590. The number of hydrogen-bond donors (Lipinski definition) is 4. The molecule has 2 aliphatic rings. The maximum atomic E-state index is 15.4. The van der Waals surface area contributed by atoms with E-state index >= 15 is 8.78 Å². The number of ether oxygens (including phenoxy) is 5. The number of cyclic esters (lactones) is 1. The largest absolute Gasteiger partial charge is 0.484 e. The van der Waals surface area contributed by atoms with E-state index in [1.165, 1.54) is 24.3 Å². The van der Waals surface area contributed by atoms with Crippen molar-refractivity contribution in [2.45, 2.75) is 132 Å². The zero-order valence-corrected chi connectivity index (χ0v) is 48.6. The summed E-state index contributed by atoms with van der Waals surface area (Å²) in [5.74, 6) is -9.94. The zero-order valence-electron chi connectivity index (χ0n) is 43.5. The number of rotatable bonds is 16. The monoisotopic (exact) mass is 1260 g/mol. The third-order valence-corrected chi connectivity index (χ3v) is 14.8. The first-order valence-electron chi connectivity index (χ1n) is 23.9. The number of hydrogen-bond acceptors (Lipinski definition) is 12. The van der Waals surface area contributed by atoms with Crippen molar-refractivity contribution in [3.05, 3.63) is 127 Å². The molecule has 2 aliphatic heterocycles. The van der Waals surface area contributed by atoms with E-state index in [0.717, 1.165) is 74.2 Å². The first-order valence-corrected chi connectivity index (χ1v) is 32.2. The van der Waals surface area contributed by atoms with Crippen molar-refractivity contribution in [2.75, 3.05) is 26.9 Å². The van der Waals surface area contributed by atoms with E-state index in [1.54, 1.807) is 0 Å². The Labute approximate surface area is 465 Å². The van der Waals surface area contributed by atoms with Crippen LogP contribution < -0.4 is 9.47 Å². The minimum atomic E-state index is -4.60. The third kappa shape index (κ3) is 17.7. The van der Waals surface area contributed by atoms with Gasteiger partial charge in [-0.1, -0.05) is 59.0 Å². The molecule has 4 aromatic carbocycles. The van der Waals surface area contributed by atoms with Gasteiger partial charge in [-0.25, -0.2) is 4.79 Å². The molecule has 2 heterocycles. The van der Waals surface area contributed by atoms with Crippen LogP contribution in [0.1, 0.15) is 48.1 Å². The topological polar surface area (TPSA) is 163 Å². The number of alkyl halides is 10. The molecular formula is C51H61BrCl2F10O12Si2. The van der Waals surface area contributed by atoms with E-state index in [9.17, 15) is 60.3 Å². The van der Waals surface area contributed by atoms with Gasteiger partial charge in [0.2, 0.25) is 5.79 Å². The van der Waals surface area contributed by atoms with Crippen LogP contribution in [0, 0.1) is 5.92 Å². The number of carbonyl (C=O) groups excluding carboxylic acids is 1. The summed E-state index contributed by atoms with van der Waals surface area (Å²) >= 11 is 14.9. The molecule has 0 radical (unpaired) electrons.